The summed E-state index contributed by atoms with van der Waals surface area (Å²) in [5.74, 6) is 0. The third-order valence-electron chi connectivity index (χ3n) is 0. The first kappa shape index (κ1) is 179. The molecule has 88 valence electrons. The molecule has 4 nitrogen and oxygen atoms in total. The molecular weight excluding hydrogens is 168 g/mol. The number of isocyanates is 2. The van der Waals surface area contributed by atoms with E-state index in [1.54, 1.807) is 0 Å². The highest BCUT2D eigenvalue weighted by atomic mass is 16.1. The van der Waals surface area contributed by atoms with Crippen molar-refractivity contribution in [2.45, 2.75) is 52.0 Å². The molecule has 0 saturated heterocycles. The number of hydrogen-bond acceptors (Lipinski definition) is 4. The van der Waals surface area contributed by atoms with Gasteiger partial charge in [0.15, 0.2) is 0 Å². The molecule has 0 rings (SSSR count). The summed E-state index contributed by atoms with van der Waals surface area (Å²) < 4.78 is 0. The Bertz CT molecular complexity index is 69.6. The normalized spacial score (nSPS) is 1.23. The van der Waals surface area contributed by atoms with E-state index in [4.69, 9.17) is 20.4 Å². The van der Waals surface area contributed by atoms with Crippen molar-refractivity contribution in [2.24, 2.45) is 0 Å². The minimum atomic E-state index is 0. The van der Waals surface area contributed by atoms with Crippen LogP contribution >= 0.6 is 0 Å². The topological polar surface area (TPSA) is 81.8 Å². The fraction of sp³-hybridized carbons (Fsp3) is 0.778. The van der Waals surface area contributed by atoms with Crippen molar-refractivity contribution in [1.82, 2.24) is 0 Å². The third kappa shape index (κ3) is 537. The lowest BCUT2D eigenvalue weighted by Crippen LogP contribution is -1.16. The first-order valence-electron chi connectivity index (χ1n) is 0.908. The largest absolute Gasteiger partial charge is 0.231 e. The van der Waals surface area contributed by atoms with Gasteiger partial charge in [0, 0.05) is 0 Å². The minimum absolute atomic E-state index is 0. The van der Waals surface area contributed by atoms with E-state index in [1.165, 1.54) is 0 Å². The Kier molecular flexibility index (Phi) is 24400. The van der Waals surface area contributed by atoms with Gasteiger partial charge in [-0.05, 0) is 0 Å². The van der Waals surface area contributed by atoms with Crippen LogP contribution in [0.4, 0.5) is 0 Å². The van der Waals surface area contributed by atoms with E-state index >= 15 is 0 Å². The summed E-state index contributed by atoms with van der Waals surface area (Å²) in [6, 6.07) is 0. The standard InChI is InChI=1S/2CHNO.7CH4/c2*2-1-3;;;;;;;/h2*2H;7*1H4. The molecule has 0 aromatic heterocycles. The van der Waals surface area contributed by atoms with Gasteiger partial charge in [-0.2, -0.15) is 0 Å². The van der Waals surface area contributed by atoms with Crippen LogP contribution in [0.3, 0.4) is 0 Å². The molecule has 0 fully saturated rings. The molecule has 0 atom stereocenters. The van der Waals surface area contributed by atoms with Crippen LogP contribution in [0.15, 0.2) is 0 Å². The molecule has 0 bridgehead atoms. The number of nitrogens with one attached hydrogen (secondary N) is 2. The van der Waals surface area contributed by atoms with E-state index in [0.717, 1.165) is 12.2 Å². The van der Waals surface area contributed by atoms with Gasteiger partial charge in [0.1, 0.15) is 0 Å². The van der Waals surface area contributed by atoms with Crippen LogP contribution < -0.4 is 0 Å². The summed E-state index contributed by atoms with van der Waals surface area (Å²) in [5.41, 5.74) is 0. The predicted octanol–water partition coefficient (Wildman–Crippen LogP) is 4.25. The van der Waals surface area contributed by atoms with Crippen molar-refractivity contribution >= 4 is 12.2 Å². The summed E-state index contributed by atoms with van der Waals surface area (Å²) in [5, 5.41) is 10.8. The third-order valence-corrected chi connectivity index (χ3v) is 0. The van der Waals surface area contributed by atoms with Crippen molar-refractivity contribution in [1.29, 1.82) is 10.8 Å². The van der Waals surface area contributed by atoms with Crippen molar-refractivity contribution in [3.05, 3.63) is 0 Å². The summed E-state index contributed by atoms with van der Waals surface area (Å²) in [6.45, 7) is 0. The fourth-order valence-corrected chi connectivity index (χ4v) is 0. The van der Waals surface area contributed by atoms with Gasteiger partial charge in [0.25, 0.3) is 0 Å². The summed E-state index contributed by atoms with van der Waals surface area (Å²) in [7, 11) is 0. The number of hydrogen-bond donors (Lipinski definition) is 2. The maximum atomic E-state index is 8.35. The Balaban J connectivity index is -0.00000000229. The molecule has 0 aromatic rings. The molecule has 0 aliphatic rings. The summed E-state index contributed by atoms with van der Waals surface area (Å²) in [4.78, 5) is 16.7. The minimum Gasteiger partial charge on any atom is -0.222 e. The average molecular weight is 198 g/mol. The highest BCUT2D eigenvalue weighted by Gasteiger charge is 1.04. The Morgan fingerprint density at radius 2 is 0.538 bits per heavy atom. The Morgan fingerprint density at radius 1 is 0.538 bits per heavy atom. The molecule has 2 N–H and O–H groups in total. The van der Waals surface area contributed by atoms with E-state index in [2.05, 4.69) is 0 Å². The highest BCUT2D eigenvalue weighted by molar-refractivity contribution is 5.26. The average Bonchev–Trinajstić information content (AvgIpc) is 1.39. The second kappa shape index (κ2) is 1770. The lowest BCUT2D eigenvalue weighted by Gasteiger charge is -1.02. The molecule has 0 heterocycles. The van der Waals surface area contributed by atoms with Gasteiger partial charge in [-0.15, -0.1) is 0 Å². The molecular formula is C9H30N2O2. The van der Waals surface area contributed by atoms with Crippen molar-refractivity contribution in [3.63, 3.8) is 0 Å². The van der Waals surface area contributed by atoms with Crippen LogP contribution in [-0.4, -0.2) is 12.2 Å². The first-order chi connectivity index (χ1) is 2.83. The Labute approximate surface area is 85.4 Å². The lowest BCUT2D eigenvalue weighted by molar-refractivity contribution is 0.562. The zero-order valence-corrected chi connectivity index (χ0v) is 2.82. The van der Waals surface area contributed by atoms with Gasteiger partial charge in [-0.25, -0.2) is 20.4 Å². The molecule has 0 saturated carbocycles. The molecule has 0 aromatic carbocycles. The number of carbonyl (C=O) groups excluding carboxylic acids is 2. The van der Waals surface area contributed by atoms with Gasteiger partial charge in [-0.1, -0.05) is 52.0 Å². The Morgan fingerprint density at radius 3 is 0.538 bits per heavy atom. The molecule has 0 unspecified atom stereocenters. The SMILES string of the molecule is C.C.C.C.C.C.C.N=C=O.N=C=O. The lowest BCUT2D eigenvalue weighted by atomic mass is 11.7. The smallest absolute Gasteiger partial charge is 0.222 e. The second-order valence-corrected chi connectivity index (χ2v) is 0.204. The van der Waals surface area contributed by atoms with Gasteiger partial charge in [0.05, 0.1) is 0 Å². The van der Waals surface area contributed by atoms with Gasteiger partial charge in [0.2, 0.25) is 12.2 Å². The molecule has 13 heavy (non-hydrogen) atoms. The van der Waals surface area contributed by atoms with Crippen LogP contribution in [0, 0.1) is 10.8 Å². The summed E-state index contributed by atoms with van der Waals surface area (Å²) >= 11 is 0. The molecule has 0 spiro atoms. The van der Waals surface area contributed by atoms with Crippen LogP contribution in [-0.2, 0) is 9.59 Å². The monoisotopic (exact) mass is 198 g/mol. The molecule has 0 aliphatic heterocycles. The van der Waals surface area contributed by atoms with Gasteiger partial charge in [-0.3, -0.25) is 0 Å². The van der Waals surface area contributed by atoms with Crippen LogP contribution in [0.1, 0.15) is 52.0 Å². The van der Waals surface area contributed by atoms with Crippen molar-refractivity contribution < 1.29 is 9.59 Å². The van der Waals surface area contributed by atoms with Crippen LogP contribution in [0.5, 0.6) is 0 Å². The second-order valence-electron chi connectivity index (χ2n) is 0.204. The fourth-order valence-electron chi connectivity index (χ4n) is 0. The quantitative estimate of drug-likeness (QED) is 0.450. The Hall–Kier alpha value is -1.24. The number of rotatable bonds is 0. The van der Waals surface area contributed by atoms with Crippen molar-refractivity contribution in [2.75, 3.05) is 0 Å². The van der Waals surface area contributed by atoms with E-state index in [9.17, 15) is 0 Å². The van der Waals surface area contributed by atoms with E-state index in [1.807, 2.05) is 0 Å². The summed E-state index contributed by atoms with van der Waals surface area (Å²) in [6.07, 6.45) is 1.50. The molecule has 0 amide bonds. The predicted molar refractivity (Wildman–Crippen MR) is 63.9 cm³/mol. The van der Waals surface area contributed by atoms with Crippen LogP contribution in [0.2, 0.25) is 0 Å². The van der Waals surface area contributed by atoms with Crippen LogP contribution in [0.25, 0.3) is 0 Å². The van der Waals surface area contributed by atoms with E-state index in [0.29, 0.717) is 0 Å². The van der Waals surface area contributed by atoms with Crippen molar-refractivity contribution in [3.8, 4) is 0 Å². The first-order valence-corrected chi connectivity index (χ1v) is 0.908. The van der Waals surface area contributed by atoms with Gasteiger partial charge >= 0.3 is 0 Å². The molecule has 0 aliphatic carbocycles. The van der Waals surface area contributed by atoms with E-state index in [-0.39, 0.29) is 52.0 Å². The zero-order chi connectivity index (χ0) is 5.41. The van der Waals surface area contributed by atoms with Gasteiger partial charge < -0.3 is 0 Å². The zero-order valence-electron chi connectivity index (χ0n) is 2.82. The molecule has 0 radical (unpaired) electrons. The van der Waals surface area contributed by atoms with E-state index < -0.39 is 0 Å². The maximum absolute atomic E-state index is 8.35. The highest BCUT2D eigenvalue weighted by Crippen LogP contribution is 0.871. The molecule has 4 heteroatoms. The maximum Gasteiger partial charge on any atom is 0.231 e.